The Labute approximate surface area is 204 Å². The van der Waals surface area contributed by atoms with E-state index in [0.717, 1.165) is 0 Å². The Hall–Kier alpha value is -3.26. The van der Waals surface area contributed by atoms with Crippen LogP contribution >= 0.6 is 0 Å². The average molecular weight is 502 g/mol. The Morgan fingerprint density at radius 1 is 0.771 bits per heavy atom. The molecule has 35 heavy (non-hydrogen) atoms. The monoisotopic (exact) mass is 501 g/mol. The number of carbonyl (C=O) groups excluding carboxylic acids is 5. The van der Waals surface area contributed by atoms with Crippen LogP contribution < -0.4 is 38.9 Å². The van der Waals surface area contributed by atoms with Gasteiger partial charge in [0.05, 0.1) is 12.5 Å². The van der Waals surface area contributed by atoms with Gasteiger partial charge in [-0.1, -0.05) is 13.8 Å². The zero-order chi connectivity index (χ0) is 27.1. The lowest BCUT2D eigenvalue weighted by Crippen LogP contribution is -2.57. The summed E-state index contributed by atoms with van der Waals surface area (Å²) < 4.78 is 0. The van der Waals surface area contributed by atoms with Crippen LogP contribution in [0.3, 0.4) is 0 Å². The molecule has 0 heterocycles. The second-order valence-corrected chi connectivity index (χ2v) is 8.72. The summed E-state index contributed by atoms with van der Waals surface area (Å²) in [6.45, 7) is 3.98. The van der Waals surface area contributed by atoms with Crippen molar-refractivity contribution in [2.45, 2.75) is 83.0 Å². The number of hydrogen-bond donors (Lipinski definition) is 8. The Bertz CT molecular complexity index is 760. The van der Waals surface area contributed by atoms with E-state index in [-0.39, 0.29) is 31.6 Å². The van der Waals surface area contributed by atoms with E-state index in [1.54, 1.807) is 0 Å². The molecule has 12 N–H and O–H groups in total. The molecule has 14 heteroatoms. The second kappa shape index (κ2) is 16.4. The number of nitrogens with one attached hydrogen (secondary N) is 3. The molecule has 0 aromatic carbocycles. The lowest BCUT2D eigenvalue weighted by atomic mass is 10.0. The van der Waals surface area contributed by atoms with E-state index in [9.17, 15) is 33.9 Å². The first-order valence-electron chi connectivity index (χ1n) is 11.4. The van der Waals surface area contributed by atoms with Crippen LogP contribution in [0.2, 0.25) is 0 Å². The minimum Gasteiger partial charge on any atom is -0.480 e. The lowest BCUT2D eigenvalue weighted by molar-refractivity contribution is -0.142. The third kappa shape index (κ3) is 13.9. The standard InChI is InChI=1S/C21H39N7O7/c1-11(2)9-15(28-18(31)12(23)10-17(25)30)20(33)26-13(5-3-4-8-22)19(32)27-14(21(34)35)6-7-16(24)29/h11-15H,3-10,22-23H2,1-2H3,(H2,24,29)(H2,25,30)(H,26,33)(H,27,32)(H,28,31)(H,34,35). The van der Waals surface area contributed by atoms with Gasteiger partial charge in [-0.15, -0.1) is 0 Å². The third-order valence-corrected chi connectivity index (χ3v) is 4.97. The number of aliphatic carboxylic acids is 1. The molecule has 4 unspecified atom stereocenters. The molecule has 0 bridgehead atoms. The molecule has 0 saturated carbocycles. The predicted molar refractivity (Wildman–Crippen MR) is 126 cm³/mol. The summed E-state index contributed by atoms with van der Waals surface area (Å²) in [6.07, 6.45) is 0.484. The minimum absolute atomic E-state index is 0.0341. The zero-order valence-electron chi connectivity index (χ0n) is 20.2. The van der Waals surface area contributed by atoms with E-state index < -0.39 is 66.1 Å². The van der Waals surface area contributed by atoms with Gasteiger partial charge in [0.2, 0.25) is 29.5 Å². The van der Waals surface area contributed by atoms with Gasteiger partial charge in [-0.05, 0) is 44.6 Å². The fourth-order valence-electron chi connectivity index (χ4n) is 3.14. The van der Waals surface area contributed by atoms with Crippen molar-refractivity contribution in [3.63, 3.8) is 0 Å². The van der Waals surface area contributed by atoms with Crippen molar-refractivity contribution < 1.29 is 33.9 Å². The average Bonchev–Trinajstić information content (AvgIpc) is 2.73. The van der Waals surface area contributed by atoms with Gasteiger partial charge in [0.25, 0.3) is 0 Å². The number of hydrogen-bond acceptors (Lipinski definition) is 8. The van der Waals surface area contributed by atoms with E-state index >= 15 is 0 Å². The molecule has 0 saturated heterocycles. The maximum absolute atomic E-state index is 13.0. The highest BCUT2D eigenvalue weighted by atomic mass is 16.4. The molecular formula is C21H39N7O7. The van der Waals surface area contributed by atoms with Crippen LogP contribution in [0.4, 0.5) is 0 Å². The van der Waals surface area contributed by atoms with Crippen molar-refractivity contribution in [1.29, 1.82) is 0 Å². The SMILES string of the molecule is CC(C)CC(NC(=O)C(N)CC(N)=O)C(=O)NC(CCCCN)C(=O)NC(CCC(N)=O)C(=O)O. The Morgan fingerprint density at radius 2 is 1.31 bits per heavy atom. The molecule has 0 fully saturated rings. The minimum atomic E-state index is -1.39. The van der Waals surface area contributed by atoms with Crippen molar-refractivity contribution in [1.82, 2.24) is 16.0 Å². The van der Waals surface area contributed by atoms with Gasteiger partial charge in [0.1, 0.15) is 18.1 Å². The highest BCUT2D eigenvalue weighted by Gasteiger charge is 2.30. The number of amides is 5. The first-order valence-corrected chi connectivity index (χ1v) is 11.4. The molecule has 0 aliphatic rings. The van der Waals surface area contributed by atoms with Crippen molar-refractivity contribution in [3.8, 4) is 0 Å². The summed E-state index contributed by atoms with van der Waals surface area (Å²) in [5.74, 6) is -5.11. The number of unbranched alkanes of at least 4 members (excludes halogenated alkanes) is 1. The number of primary amides is 2. The molecule has 0 rings (SSSR count). The molecule has 0 radical (unpaired) electrons. The molecule has 0 spiro atoms. The quantitative estimate of drug-likeness (QED) is 0.0898. The Balaban J connectivity index is 5.54. The van der Waals surface area contributed by atoms with Crippen LogP contribution in [0.25, 0.3) is 0 Å². The molecule has 0 aromatic heterocycles. The van der Waals surface area contributed by atoms with Gasteiger partial charge >= 0.3 is 5.97 Å². The third-order valence-electron chi connectivity index (χ3n) is 4.97. The number of carboxylic acid groups (broad SMARTS) is 1. The number of carboxylic acids is 1. The molecule has 0 aliphatic heterocycles. The first-order chi connectivity index (χ1) is 16.3. The van der Waals surface area contributed by atoms with Gasteiger partial charge in [-0.25, -0.2) is 4.79 Å². The molecule has 0 aliphatic carbocycles. The molecule has 200 valence electrons. The maximum Gasteiger partial charge on any atom is 0.326 e. The summed E-state index contributed by atoms with van der Waals surface area (Å²) in [5, 5.41) is 16.7. The van der Waals surface area contributed by atoms with E-state index in [1.165, 1.54) is 0 Å². The van der Waals surface area contributed by atoms with Crippen molar-refractivity contribution in [2.24, 2.45) is 28.9 Å². The summed E-state index contributed by atoms with van der Waals surface area (Å²) in [4.78, 5) is 71.7. The summed E-state index contributed by atoms with van der Waals surface area (Å²) in [7, 11) is 0. The largest absolute Gasteiger partial charge is 0.480 e. The lowest BCUT2D eigenvalue weighted by Gasteiger charge is -2.26. The Kier molecular flexibility index (Phi) is 14.9. The first kappa shape index (κ1) is 31.7. The number of nitrogens with two attached hydrogens (primary N) is 4. The van der Waals surface area contributed by atoms with E-state index in [0.29, 0.717) is 19.4 Å². The highest BCUT2D eigenvalue weighted by molar-refractivity contribution is 5.95. The molecule has 5 amide bonds. The second-order valence-electron chi connectivity index (χ2n) is 8.72. The summed E-state index contributed by atoms with van der Waals surface area (Å²) >= 11 is 0. The van der Waals surface area contributed by atoms with Gasteiger partial charge in [0, 0.05) is 6.42 Å². The fourth-order valence-corrected chi connectivity index (χ4v) is 3.14. The summed E-state index contributed by atoms with van der Waals surface area (Å²) in [6, 6.07) is -4.84. The smallest absolute Gasteiger partial charge is 0.326 e. The maximum atomic E-state index is 13.0. The van der Waals surface area contributed by atoms with Crippen LogP contribution in [0, 0.1) is 5.92 Å². The van der Waals surface area contributed by atoms with Gasteiger partial charge in [-0.2, -0.15) is 0 Å². The zero-order valence-corrected chi connectivity index (χ0v) is 20.2. The van der Waals surface area contributed by atoms with Gasteiger partial charge in [0.15, 0.2) is 0 Å². The molecular weight excluding hydrogens is 462 g/mol. The van der Waals surface area contributed by atoms with Crippen LogP contribution in [0.15, 0.2) is 0 Å². The van der Waals surface area contributed by atoms with Crippen molar-refractivity contribution >= 4 is 35.5 Å². The molecule has 0 aromatic rings. The van der Waals surface area contributed by atoms with E-state index in [2.05, 4.69) is 16.0 Å². The van der Waals surface area contributed by atoms with Crippen molar-refractivity contribution in [3.05, 3.63) is 0 Å². The molecule has 4 atom stereocenters. The van der Waals surface area contributed by atoms with E-state index in [1.807, 2.05) is 13.8 Å². The van der Waals surface area contributed by atoms with Crippen LogP contribution in [-0.2, 0) is 28.8 Å². The normalized spacial score (nSPS) is 14.3. The van der Waals surface area contributed by atoms with Crippen LogP contribution in [0.1, 0.15) is 58.8 Å². The number of rotatable bonds is 18. The van der Waals surface area contributed by atoms with Crippen LogP contribution in [0.5, 0.6) is 0 Å². The highest BCUT2D eigenvalue weighted by Crippen LogP contribution is 2.09. The molecule has 14 nitrogen and oxygen atoms in total. The van der Waals surface area contributed by atoms with Crippen LogP contribution in [-0.4, -0.2) is 71.3 Å². The van der Waals surface area contributed by atoms with Gasteiger partial charge < -0.3 is 44.0 Å². The summed E-state index contributed by atoms with van der Waals surface area (Å²) in [5.41, 5.74) is 21.3. The number of carbonyl (C=O) groups is 6. The topological polar surface area (TPSA) is 263 Å². The fraction of sp³-hybridized carbons (Fsp3) is 0.714. The Morgan fingerprint density at radius 3 is 1.80 bits per heavy atom. The van der Waals surface area contributed by atoms with E-state index in [4.69, 9.17) is 22.9 Å². The van der Waals surface area contributed by atoms with Crippen molar-refractivity contribution in [2.75, 3.05) is 6.54 Å². The predicted octanol–water partition coefficient (Wildman–Crippen LogP) is -2.83. The van der Waals surface area contributed by atoms with Gasteiger partial charge in [-0.3, -0.25) is 24.0 Å².